The van der Waals surface area contributed by atoms with Crippen LogP contribution in [0.5, 0.6) is 0 Å². The van der Waals surface area contributed by atoms with Gasteiger partial charge in [0.1, 0.15) is 11.9 Å². The Morgan fingerprint density at radius 2 is 2.22 bits per heavy atom. The molecule has 1 fully saturated rings. The summed E-state index contributed by atoms with van der Waals surface area (Å²) in [5.74, 6) is -2.22. The number of hydrogen-bond acceptors (Lipinski definition) is 4. The number of sulfonamides is 1. The Kier molecular flexibility index (Phi) is 3.66. The fraction of sp³-hybridized carbons (Fsp3) is 0.538. The summed E-state index contributed by atoms with van der Waals surface area (Å²) in [4.78, 5) is 0. The molecule has 2 heterocycles. The number of halogens is 2. The van der Waals surface area contributed by atoms with E-state index in [4.69, 9.17) is 0 Å². The van der Waals surface area contributed by atoms with Gasteiger partial charge in [-0.25, -0.2) is 8.78 Å². The Labute approximate surface area is 132 Å². The fourth-order valence-corrected chi connectivity index (χ4v) is 3.30. The third-order valence-corrected chi connectivity index (χ3v) is 4.80. The van der Waals surface area contributed by atoms with Crippen LogP contribution in [0.3, 0.4) is 0 Å². The summed E-state index contributed by atoms with van der Waals surface area (Å²) in [5.41, 5.74) is 0.733. The second-order valence-electron chi connectivity index (χ2n) is 6.09. The Balaban J connectivity index is 1.79. The number of H-pyrrole nitrogens is 1. The first-order valence-electron chi connectivity index (χ1n) is 7.17. The Bertz CT molecular complexity index is 812. The molecular formula is C13H17F2N5O2S. The SMILES string of the molecule is CC(C)Cc1cn[nH]c1NS(=O)(=O)c1ccn(C2CC2(F)F)n1. The summed E-state index contributed by atoms with van der Waals surface area (Å²) in [7, 11) is -3.96. The number of nitrogens with zero attached hydrogens (tertiary/aromatic N) is 3. The molecule has 0 aromatic carbocycles. The first kappa shape index (κ1) is 15.9. The van der Waals surface area contributed by atoms with E-state index in [1.807, 2.05) is 13.8 Å². The van der Waals surface area contributed by atoms with Gasteiger partial charge in [-0.15, -0.1) is 0 Å². The zero-order valence-electron chi connectivity index (χ0n) is 12.6. The van der Waals surface area contributed by atoms with Crippen molar-refractivity contribution in [2.75, 3.05) is 4.72 Å². The van der Waals surface area contributed by atoms with Crippen LogP contribution in [-0.2, 0) is 16.4 Å². The molecule has 0 bridgehead atoms. The highest BCUT2D eigenvalue weighted by Crippen LogP contribution is 2.52. The van der Waals surface area contributed by atoms with Gasteiger partial charge in [0.2, 0.25) is 0 Å². The van der Waals surface area contributed by atoms with Crippen LogP contribution in [0.4, 0.5) is 14.6 Å². The van der Waals surface area contributed by atoms with Crippen LogP contribution in [0.25, 0.3) is 0 Å². The molecule has 7 nitrogen and oxygen atoms in total. The summed E-state index contributed by atoms with van der Waals surface area (Å²) in [6, 6.07) is 0.144. The van der Waals surface area contributed by atoms with Gasteiger partial charge in [-0.1, -0.05) is 13.8 Å². The van der Waals surface area contributed by atoms with E-state index < -0.39 is 22.0 Å². The van der Waals surface area contributed by atoms with Crippen LogP contribution >= 0.6 is 0 Å². The van der Waals surface area contributed by atoms with Crippen molar-refractivity contribution in [1.82, 2.24) is 20.0 Å². The highest BCUT2D eigenvalue weighted by Gasteiger charge is 2.59. The lowest BCUT2D eigenvalue weighted by Gasteiger charge is -2.08. The number of rotatable bonds is 6. The molecule has 0 radical (unpaired) electrons. The highest BCUT2D eigenvalue weighted by atomic mass is 32.2. The minimum absolute atomic E-state index is 0.269. The van der Waals surface area contributed by atoms with Crippen LogP contribution in [0.15, 0.2) is 23.5 Å². The van der Waals surface area contributed by atoms with E-state index in [0.717, 1.165) is 10.2 Å². The topological polar surface area (TPSA) is 92.7 Å². The van der Waals surface area contributed by atoms with E-state index >= 15 is 0 Å². The maximum absolute atomic E-state index is 13.0. The average molecular weight is 345 g/mol. The van der Waals surface area contributed by atoms with Crippen LogP contribution < -0.4 is 4.72 Å². The van der Waals surface area contributed by atoms with Gasteiger partial charge in [0.15, 0.2) is 5.03 Å². The predicted molar refractivity (Wildman–Crippen MR) is 78.8 cm³/mol. The van der Waals surface area contributed by atoms with E-state index in [-0.39, 0.29) is 17.3 Å². The molecule has 2 aromatic rings. The molecular weight excluding hydrogens is 328 g/mol. The zero-order valence-corrected chi connectivity index (χ0v) is 13.4. The fourth-order valence-electron chi connectivity index (χ4n) is 2.30. The number of anilines is 1. The Morgan fingerprint density at radius 1 is 1.52 bits per heavy atom. The molecule has 0 saturated heterocycles. The van der Waals surface area contributed by atoms with Crippen molar-refractivity contribution in [3.05, 3.63) is 24.0 Å². The lowest BCUT2D eigenvalue weighted by atomic mass is 10.1. The predicted octanol–water partition coefficient (Wildman–Crippen LogP) is 2.19. The molecule has 0 amide bonds. The largest absolute Gasteiger partial charge is 0.282 e. The third kappa shape index (κ3) is 3.21. The molecule has 23 heavy (non-hydrogen) atoms. The number of aromatic amines is 1. The second kappa shape index (κ2) is 5.29. The van der Waals surface area contributed by atoms with E-state index in [2.05, 4.69) is 20.0 Å². The van der Waals surface area contributed by atoms with Crippen molar-refractivity contribution >= 4 is 15.8 Å². The number of alkyl halides is 2. The standard InChI is InChI=1S/C13H17F2N5O2S/c1-8(2)5-9-7-16-17-12(9)19-23(21,22)11-3-4-20(18-11)10-6-13(10,14)15/h3-4,7-8,10H,5-6H2,1-2H3,(H2,16,17,19). The first-order chi connectivity index (χ1) is 10.7. The molecule has 0 spiro atoms. The quantitative estimate of drug-likeness (QED) is 0.839. The van der Waals surface area contributed by atoms with Gasteiger partial charge in [0, 0.05) is 18.2 Å². The summed E-state index contributed by atoms with van der Waals surface area (Å²) >= 11 is 0. The molecule has 2 N–H and O–H groups in total. The summed E-state index contributed by atoms with van der Waals surface area (Å²) in [5, 5.41) is 9.90. The van der Waals surface area contributed by atoms with Crippen LogP contribution in [0.1, 0.15) is 31.9 Å². The van der Waals surface area contributed by atoms with Crippen molar-refractivity contribution in [2.45, 2.75) is 43.7 Å². The normalized spacial score (nSPS) is 20.0. The summed E-state index contributed by atoms with van der Waals surface area (Å²) < 4.78 is 54.1. The molecule has 1 saturated carbocycles. The Morgan fingerprint density at radius 3 is 2.83 bits per heavy atom. The smallest absolute Gasteiger partial charge is 0.262 e. The molecule has 0 aliphatic heterocycles. The third-order valence-electron chi connectivity index (χ3n) is 3.55. The van der Waals surface area contributed by atoms with Crippen molar-refractivity contribution in [1.29, 1.82) is 0 Å². The number of nitrogens with one attached hydrogen (secondary N) is 2. The van der Waals surface area contributed by atoms with Gasteiger partial charge < -0.3 is 0 Å². The van der Waals surface area contributed by atoms with Gasteiger partial charge in [-0.05, 0) is 18.4 Å². The van der Waals surface area contributed by atoms with Crippen molar-refractivity contribution in [3.63, 3.8) is 0 Å². The van der Waals surface area contributed by atoms with Gasteiger partial charge in [0.25, 0.3) is 15.9 Å². The molecule has 2 aromatic heterocycles. The van der Waals surface area contributed by atoms with Crippen molar-refractivity contribution < 1.29 is 17.2 Å². The lowest BCUT2D eigenvalue weighted by Crippen LogP contribution is -2.16. The second-order valence-corrected chi connectivity index (χ2v) is 7.72. The molecule has 3 rings (SSSR count). The van der Waals surface area contributed by atoms with E-state index in [1.54, 1.807) is 6.20 Å². The molecule has 1 unspecified atom stereocenters. The van der Waals surface area contributed by atoms with Gasteiger partial charge in [0.05, 0.1) is 6.20 Å². The molecule has 1 atom stereocenters. The van der Waals surface area contributed by atoms with E-state index in [0.29, 0.717) is 12.3 Å². The highest BCUT2D eigenvalue weighted by molar-refractivity contribution is 7.92. The maximum atomic E-state index is 13.0. The summed E-state index contributed by atoms with van der Waals surface area (Å²) in [6.07, 6.45) is 3.14. The molecule has 10 heteroatoms. The Hall–Kier alpha value is -1.97. The van der Waals surface area contributed by atoms with Gasteiger partial charge in [-0.3, -0.25) is 14.5 Å². The van der Waals surface area contributed by atoms with E-state index in [1.165, 1.54) is 12.3 Å². The average Bonchev–Trinajstić information content (AvgIpc) is 2.86. The monoisotopic (exact) mass is 345 g/mol. The molecule has 1 aliphatic rings. The zero-order chi connectivity index (χ0) is 16.8. The number of hydrogen-bond donors (Lipinski definition) is 2. The van der Waals surface area contributed by atoms with Crippen molar-refractivity contribution in [3.8, 4) is 0 Å². The maximum Gasteiger partial charge on any atom is 0.282 e. The minimum Gasteiger partial charge on any atom is -0.262 e. The van der Waals surface area contributed by atoms with Crippen molar-refractivity contribution in [2.24, 2.45) is 5.92 Å². The first-order valence-corrected chi connectivity index (χ1v) is 8.65. The van der Waals surface area contributed by atoms with Gasteiger partial charge >= 0.3 is 0 Å². The molecule has 126 valence electrons. The van der Waals surface area contributed by atoms with E-state index in [9.17, 15) is 17.2 Å². The van der Waals surface area contributed by atoms with Crippen LogP contribution in [0.2, 0.25) is 0 Å². The number of aromatic nitrogens is 4. The summed E-state index contributed by atoms with van der Waals surface area (Å²) in [6.45, 7) is 4.01. The van der Waals surface area contributed by atoms with Crippen LogP contribution in [0, 0.1) is 5.92 Å². The van der Waals surface area contributed by atoms with Crippen LogP contribution in [-0.4, -0.2) is 34.3 Å². The lowest BCUT2D eigenvalue weighted by molar-refractivity contribution is 0.0981. The molecule has 1 aliphatic carbocycles. The minimum atomic E-state index is -3.96. The van der Waals surface area contributed by atoms with Gasteiger partial charge in [-0.2, -0.15) is 18.6 Å².